The summed E-state index contributed by atoms with van der Waals surface area (Å²) in [5, 5.41) is 0. The van der Waals surface area contributed by atoms with E-state index in [2.05, 4.69) is 60.6 Å². The molecule has 0 spiro atoms. The Bertz CT molecular complexity index is 763. The lowest BCUT2D eigenvalue weighted by atomic mass is 9.92. The van der Waals surface area contributed by atoms with E-state index in [1.807, 2.05) is 11.9 Å². The van der Waals surface area contributed by atoms with Crippen LogP contribution in [0.25, 0.3) is 0 Å². The van der Waals surface area contributed by atoms with E-state index < -0.39 is 0 Å². The highest BCUT2D eigenvalue weighted by atomic mass is 16.2. The van der Waals surface area contributed by atoms with Crippen molar-refractivity contribution in [1.82, 2.24) is 19.6 Å². The molecule has 172 valence electrons. The van der Waals surface area contributed by atoms with Gasteiger partial charge in [-0.3, -0.25) is 19.4 Å². The highest BCUT2D eigenvalue weighted by Gasteiger charge is 2.28. The number of piperazine rings is 1. The van der Waals surface area contributed by atoms with Crippen molar-refractivity contribution in [3.63, 3.8) is 0 Å². The molecule has 1 aromatic carbocycles. The summed E-state index contributed by atoms with van der Waals surface area (Å²) in [4.78, 5) is 33.8. The van der Waals surface area contributed by atoms with Crippen LogP contribution in [0.4, 0.5) is 0 Å². The smallest absolute Gasteiger partial charge is 0.236 e. The van der Waals surface area contributed by atoms with Crippen LogP contribution in [0.5, 0.6) is 0 Å². The standard InChI is InChI=1S/C25H40N4O2/c1-19-6-7-23(22(4)13-19)16-26(5)24(30)17-27-8-10-28(11-9-27)18-25(31)29-14-20(2)12-21(3)15-29/h6-7,13,20-21H,8-12,14-18H2,1-5H3. The summed E-state index contributed by atoms with van der Waals surface area (Å²) in [6.45, 7) is 15.4. The van der Waals surface area contributed by atoms with Gasteiger partial charge in [-0.1, -0.05) is 37.6 Å². The van der Waals surface area contributed by atoms with Crippen molar-refractivity contribution in [3.8, 4) is 0 Å². The van der Waals surface area contributed by atoms with Crippen molar-refractivity contribution >= 4 is 11.8 Å². The van der Waals surface area contributed by atoms with Crippen molar-refractivity contribution in [2.75, 3.05) is 59.4 Å². The number of hydrogen-bond donors (Lipinski definition) is 0. The summed E-state index contributed by atoms with van der Waals surface area (Å²) < 4.78 is 0. The van der Waals surface area contributed by atoms with E-state index in [-0.39, 0.29) is 11.8 Å². The van der Waals surface area contributed by atoms with Crippen LogP contribution in [0.15, 0.2) is 18.2 Å². The van der Waals surface area contributed by atoms with Crippen molar-refractivity contribution in [2.45, 2.75) is 40.7 Å². The number of carbonyl (C=O) groups excluding carboxylic acids is 2. The summed E-state index contributed by atoms with van der Waals surface area (Å²) in [6, 6.07) is 6.39. The quantitative estimate of drug-likeness (QED) is 0.698. The Balaban J connectivity index is 1.41. The second kappa shape index (κ2) is 10.6. The van der Waals surface area contributed by atoms with Crippen molar-refractivity contribution in [2.24, 2.45) is 11.8 Å². The average molecular weight is 429 g/mol. The zero-order valence-corrected chi connectivity index (χ0v) is 20.1. The SMILES string of the molecule is Cc1ccc(CN(C)C(=O)CN2CCN(CC(=O)N3CC(C)CC(C)C3)CC2)c(C)c1. The first kappa shape index (κ1) is 23.7. The minimum atomic E-state index is 0.154. The molecule has 0 aromatic heterocycles. The number of nitrogens with zero attached hydrogens (tertiary/aromatic N) is 4. The lowest BCUT2D eigenvalue weighted by Crippen LogP contribution is -2.53. The first-order chi connectivity index (χ1) is 14.7. The van der Waals surface area contributed by atoms with Crippen LogP contribution in [-0.4, -0.2) is 90.8 Å². The summed E-state index contributed by atoms with van der Waals surface area (Å²) in [5.41, 5.74) is 3.68. The van der Waals surface area contributed by atoms with E-state index in [1.165, 1.54) is 23.1 Å². The summed E-state index contributed by atoms with van der Waals surface area (Å²) in [6.07, 6.45) is 1.22. The highest BCUT2D eigenvalue weighted by molar-refractivity contribution is 5.79. The highest BCUT2D eigenvalue weighted by Crippen LogP contribution is 2.21. The monoisotopic (exact) mass is 428 g/mol. The fraction of sp³-hybridized carbons (Fsp3) is 0.680. The lowest BCUT2D eigenvalue weighted by Gasteiger charge is -2.38. The van der Waals surface area contributed by atoms with Gasteiger partial charge in [-0.25, -0.2) is 0 Å². The Morgan fingerprint density at radius 1 is 0.968 bits per heavy atom. The molecule has 2 saturated heterocycles. The average Bonchev–Trinajstić information content (AvgIpc) is 2.70. The number of likely N-dealkylation sites (N-methyl/N-ethyl adjacent to an activating group) is 1. The maximum atomic E-state index is 12.7. The maximum absolute atomic E-state index is 12.7. The summed E-state index contributed by atoms with van der Waals surface area (Å²) in [7, 11) is 1.89. The zero-order valence-electron chi connectivity index (χ0n) is 20.1. The Morgan fingerprint density at radius 2 is 1.55 bits per heavy atom. The second-order valence-electron chi connectivity index (χ2n) is 9.98. The molecule has 31 heavy (non-hydrogen) atoms. The van der Waals surface area contributed by atoms with Crippen molar-refractivity contribution < 1.29 is 9.59 Å². The molecule has 0 radical (unpaired) electrons. The number of piperidine rings is 1. The number of amides is 2. The number of carbonyl (C=O) groups is 2. The summed E-state index contributed by atoms with van der Waals surface area (Å²) >= 11 is 0. The van der Waals surface area contributed by atoms with E-state index in [0.29, 0.717) is 31.5 Å². The molecule has 2 amide bonds. The Hall–Kier alpha value is -1.92. The van der Waals surface area contributed by atoms with Crippen LogP contribution in [0, 0.1) is 25.7 Å². The molecule has 6 heteroatoms. The minimum Gasteiger partial charge on any atom is -0.341 e. The van der Waals surface area contributed by atoms with Gasteiger partial charge in [-0.2, -0.15) is 0 Å². The van der Waals surface area contributed by atoms with E-state index in [0.717, 1.165) is 39.3 Å². The molecule has 6 nitrogen and oxygen atoms in total. The van der Waals surface area contributed by atoms with Gasteiger partial charge in [0.2, 0.25) is 11.8 Å². The zero-order chi connectivity index (χ0) is 22.5. The van der Waals surface area contributed by atoms with Gasteiger partial charge in [-0.05, 0) is 43.2 Å². The number of likely N-dealkylation sites (tertiary alicyclic amines) is 1. The fourth-order valence-corrected chi connectivity index (χ4v) is 4.94. The molecule has 2 aliphatic heterocycles. The molecular weight excluding hydrogens is 388 g/mol. The topological polar surface area (TPSA) is 47.1 Å². The van der Waals surface area contributed by atoms with Gasteiger partial charge in [-0.15, -0.1) is 0 Å². The molecule has 0 N–H and O–H groups in total. The number of rotatable bonds is 6. The maximum Gasteiger partial charge on any atom is 0.236 e. The molecule has 2 unspecified atom stereocenters. The Kier molecular flexibility index (Phi) is 8.11. The molecule has 2 fully saturated rings. The predicted molar refractivity (Wildman–Crippen MR) is 125 cm³/mol. The molecule has 2 aliphatic rings. The lowest BCUT2D eigenvalue weighted by molar-refractivity contribution is -0.136. The number of hydrogen-bond acceptors (Lipinski definition) is 4. The van der Waals surface area contributed by atoms with Crippen molar-refractivity contribution in [1.29, 1.82) is 0 Å². The third-order valence-corrected chi connectivity index (χ3v) is 6.74. The molecule has 0 aliphatic carbocycles. The normalized spacial score (nSPS) is 23.1. The van der Waals surface area contributed by atoms with E-state index >= 15 is 0 Å². The predicted octanol–water partition coefficient (Wildman–Crippen LogP) is 2.38. The molecule has 2 atom stereocenters. The molecule has 0 bridgehead atoms. The molecule has 2 heterocycles. The van der Waals surface area contributed by atoms with Crippen LogP contribution in [-0.2, 0) is 16.1 Å². The molecular formula is C25H40N4O2. The molecule has 0 saturated carbocycles. The van der Waals surface area contributed by atoms with Crippen LogP contribution >= 0.6 is 0 Å². The van der Waals surface area contributed by atoms with Gasteiger partial charge in [0.25, 0.3) is 0 Å². The first-order valence-electron chi connectivity index (χ1n) is 11.7. The largest absolute Gasteiger partial charge is 0.341 e. The van der Waals surface area contributed by atoms with E-state index in [1.54, 1.807) is 0 Å². The van der Waals surface area contributed by atoms with Gasteiger partial charge in [0.05, 0.1) is 13.1 Å². The van der Waals surface area contributed by atoms with E-state index in [4.69, 9.17) is 0 Å². The summed E-state index contributed by atoms with van der Waals surface area (Å²) in [5.74, 6) is 1.60. The Labute approximate surface area is 188 Å². The second-order valence-corrected chi connectivity index (χ2v) is 9.98. The van der Waals surface area contributed by atoms with Crippen LogP contribution in [0.3, 0.4) is 0 Å². The number of aryl methyl sites for hydroxylation is 2. The fourth-order valence-electron chi connectivity index (χ4n) is 4.94. The third kappa shape index (κ3) is 6.78. The van der Waals surface area contributed by atoms with Crippen LogP contribution in [0.1, 0.15) is 37.0 Å². The van der Waals surface area contributed by atoms with Gasteiger partial charge in [0, 0.05) is 52.9 Å². The van der Waals surface area contributed by atoms with Crippen molar-refractivity contribution in [3.05, 3.63) is 34.9 Å². The molecule has 3 rings (SSSR count). The minimum absolute atomic E-state index is 0.154. The van der Waals surface area contributed by atoms with E-state index in [9.17, 15) is 9.59 Å². The first-order valence-corrected chi connectivity index (χ1v) is 11.7. The number of benzene rings is 1. The van der Waals surface area contributed by atoms with Crippen LogP contribution in [0.2, 0.25) is 0 Å². The molecule has 1 aromatic rings. The van der Waals surface area contributed by atoms with Gasteiger partial charge < -0.3 is 9.80 Å². The Morgan fingerprint density at radius 3 is 2.13 bits per heavy atom. The third-order valence-electron chi connectivity index (χ3n) is 6.74. The van der Waals surface area contributed by atoms with Gasteiger partial charge in [0.1, 0.15) is 0 Å². The van der Waals surface area contributed by atoms with Gasteiger partial charge >= 0.3 is 0 Å². The van der Waals surface area contributed by atoms with Crippen LogP contribution < -0.4 is 0 Å². The van der Waals surface area contributed by atoms with Gasteiger partial charge in [0.15, 0.2) is 0 Å².